The van der Waals surface area contributed by atoms with Crippen LogP contribution < -0.4 is 5.32 Å². The molecule has 3 rings (SSSR count). The van der Waals surface area contributed by atoms with E-state index < -0.39 is 0 Å². The summed E-state index contributed by atoms with van der Waals surface area (Å²) in [7, 11) is 1.67. The monoisotopic (exact) mass is 292 g/mol. The Morgan fingerprint density at radius 1 is 1.25 bits per heavy atom. The summed E-state index contributed by atoms with van der Waals surface area (Å²) in [5.74, 6) is 0.947. The highest BCUT2D eigenvalue weighted by molar-refractivity contribution is 7.12. The smallest absolute Gasteiger partial charge is 0.264 e. The van der Waals surface area contributed by atoms with Gasteiger partial charge in [0.25, 0.3) is 5.91 Å². The first-order valence-electron chi connectivity index (χ1n) is 7.29. The van der Waals surface area contributed by atoms with Crippen molar-refractivity contribution >= 4 is 23.2 Å². The van der Waals surface area contributed by atoms with Crippen molar-refractivity contribution in [1.82, 2.24) is 10.2 Å². The summed E-state index contributed by atoms with van der Waals surface area (Å²) in [5, 5.41) is 4.72. The van der Waals surface area contributed by atoms with Gasteiger partial charge in [-0.1, -0.05) is 0 Å². The molecular formula is C15H20N2O2S. The maximum Gasteiger partial charge on any atom is 0.264 e. The van der Waals surface area contributed by atoms with Crippen LogP contribution >= 0.6 is 11.3 Å². The molecule has 1 N–H and O–H groups in total. The van der Waals surface area contributed by atoms with Crippen molar-refractivity contribution in [2.75, 3.05) is 20.1 Å². The van der Waals surface area contributed by atoms with Crippen molar-refractivity contribution in [1.29, 1.82) is 0 Å². The summed E-state index contributed by atoms with van der Waals surface area (Å²) in [6.45, 7) is 1.39. The molecule has 108 valence electrons. The van der Waals surface area contributed by atoms with Crippen molar-refractivity contribution in [2.24, 2.45) is 5.92 Å². The normalized spacial score (nSPS) is 19.9. The minimum absolute atomic E-state index is 0.0651. The third-order valence-corrected chi connectivity index (χ3v) is 5.22. The number of hydrogen-bond donors (Lipinski definition) is 1. The molecule has 2 amide bonds. The van der Waals surface area contributed by atoms with Crippen molar-refractivity contribution in [3.05, 3.63) is 21.9 Å². The van der Waals surface area contributed by atoms with Crippen molar-refractivity contribution in [2.45, 2.75) is 31.6 Å². The summed E-state index contributed by atoms with van der Waals surface area (Å²) in [6.07, 6.45) is 3.98. The van der Waals surface area contributed by atoms with Gasteiger partial charge in [0.15, 0.2) is 0 Å². The lowest BCUT2D eigenvalue weighted by atomic mass is 9.95. The molecule has 1 aliphatic carbocycles. The van der Waals surface area contributed by atoms with Gasteiger partial charge >= 0.3 is 0 Å². The van der Waals surface area contributed by atoms with Crippen LogP contribution in [0.2, 0.25) is 0 Å². The van der Waals surface area contributed by atoms with E-state index in [0.29, 0.717) is 19.0 Å². The van der Waals surface area contributed by atoms with Gasteiger partial charge in [-0.15, -0.1) is 11.3 Å². The molecule has 5 heteroatoms. The maximum atomic E-state index is 12.6. The Labute approximate surface area is 123 Å². The predicted octanol–water partition coefficient (Wildman–Crippen LogP) is 2.22. The molecule has 0 aromatic carbocycles. The fraction of sp³-hybridized carbons (Fsp3) is 0.600. The number of hydrogen-bond acceptors (Lipinski definition) is 3. The molecule has 0 bridgehead atoms. The number of amides is 2. The molecule has 1 saturated heterocycles. The van der Waals surface area contributed by atoms with Crippen LogP contribution in [-0.2, 0) is 4.79 Å². The van der Waals surface area contributed by atoms with Gasteiger partial charge in [-0.3, -0.25) is 9.59 Å². The second-order valence-corrected chi connectivity index (χ2v) is 6.58. The van der Waals surface area contributed by atoms with Crippen LogP contribution in [0, 0.1) is 5.92 Å². The average molecular weight is 292 g/mol. The van der Waals surface area contributed by atoms with Gasteiger partial charge in [0, 0.05) is 26.1 Å². The molecule has 20 heavy (non-hydrogen) atoms. The lowest BCUT2D eigenvalue weighted by Crippen LogP contribution is -2.42. The minimum atomic E-state index is 0.0651. The number of rotatable bonds is 3. The quantitative estimate of drug-likeness (QED) is 0.928. The van der Waals surface area contributed by atoms with Crippen LogP contribution in [0.3, 0.4) is 0 Å². The molecule has 2 fully saturated rings. The zero-order valence-corrected chi connectivity index (χ0v) is 12.5. The molecule has 1 aromatic rings. The van der Waals surface area contributed by atoms with E-state index in [1.54, 1.807) is 18.4 Å². The number of nitrogens with one attached hydrogen (secondary N) is 1. The second-order valence-electron chi connectivity index (χ2n) is 5.66. The maximum absolute atomic E-state index is 12.6. The number of piperidine rings is 1. The minimum Gasteiger partial charge on any atom is -0.359 e. The Hall–Kier alpha value is -1.36. The molecule has 1 aromatic heterocycles. The van der Waals surface area contributed by atoms with Crippen molar-refractivity contribution in [3.63, 3.8) is 0 Å². The molecule has 0 atom stereocenters. The summed E-state index contributed by atoms with van der Waals surface area (Å²) < 4.78 is 0. The predicted molar refractivity (Wildman–Crippen MR) is 79.0 cm³/mol. The van der Waals surface area contributed by atoms with Gasteiger partial charge in [-0.25, -0.2) is 0 Å². The van der Waals surface area contributed by atoms with Gasteiger partial charge in [0.1, 0.15) is 0 Å². The number of carbonyl (C=O) groups is 2. The highest BCUT2D eigenvalue weighted by Gasteiger charge is 2.32. The van der Waals surface area contributed by atoms with E-state index in [1.165, 1.54) is 18.4 Å². The van der Waals surface area contributed by atoms with Crippen LogP contribution in [0.25, 0.3) is 0 Å². The molecule has 2 heterocycles. The molecule has 0 spiro atoms. The lowest BCUT2D eigenvalue weighted by Gasteiger charge is -2.31. The second kappa shape index (κ2) is 5.56. The number of carbonyl (C=O) groups excluding carboxylic acids is 2. The highest BCUT2D eigenvalue weighted by Crippen LogP contribution is 2.43. The van der Waals surface area contributed by atoms with E-state index in [-0.39, 0.29) is 17.7 Å². The van der Waals surface area contributed by atoms with E-state index in [9.17, 15) is 9.59 Å². The van der Waals surface area contributed by atoms with Gasteiger partial charge < -0.3 is 10.2 Å². The lowest BCUT2D eigenvalue weighted by molar-refractivity contribution is -0.125. The Morgan fingerprint density at radius 3 is 2.55 bits per heavy atom. The van der Waals surface area contributed by atoms with E-state index in [2.05, 4.69) is 11.4 Å². The molecule has 0 unspecified atom stereocenters. The zero-order valence-electron chi connectivity index (χ0n) is 11.7. The van der Waals surface area contributed by atoms with E-state index in [4.69, 9.17) is 0 Å². The van der Waals surface area contributed by atoms with Crippen LogP contribution in [0.4, 0.5) is 0 Å². The number of thiophene rings is 1. The Kier molecular flexibility index (Phi) is 3.78. The average Bonchev–Trinajstić information content (AvgIpc) is 3.23. The molecule has 1 saturated carbocycles. The molecule has 4 nitrogen and oxygen atoms in total. The Balaban J connectivity index is 1.64. The van der Waals surface area contributed by atoms with Gasteiger partial charge in [-0.2, -0.15) is 0 Å². The van der Waals surface area contributed by atoms with Gasteiger partial charge in [0.05, 0.1) is 4.88 Å². The topological polar surface area (TPSA) is 49.4 Å². The molecular weight excluding hydrogens is 272 g/mol. The number of likely N-dealkylation sites (tertiary alicyclic amines) is 1. The largest absolute Gasteiger partial charge is 0.359 e. The highest BCUT2D eigenvalue weighted by atomic mass is 32.1. The van der Waals surface area contributed by atoms with Gasteiger partial charge in [-0.05, 0) is 48.6 Å². The fourth-order valence-electron chi connectivity index (χ4n) is 2.90. The first-order chi connectivity index (χ1) is 9.70. The summed E-state index contributed by atoms with van der Waals surface area (Å²) in [4.78, 5) is 27.0. The summed E-state index contributed by atoms with van der Waals surface area (Å²) >= 11 is 1.56. The van der Waals surface area contributed by atoms with E-state index in [0.717, 1.165) is 17.7 Å². The summed E-state index contributed by atoms with van der Waals surface area (Å²) in [5.41, 5.74) is 1.24. The van der Waals surface area contributed by atoms with Crippen molar-refractivity contribution < 1.29 is 9.59 Å². The Morgan fingerprint density at radius 2 is 1.95 bits per heavy atom. The third-order valence-electron chi connectivity index (χ3n) is 4.31. The molecule has 0 radical (unpaired) electrons. The Bertz CT molecular complexity index is 514. The standard InChI is InChI=1S/C15H20N2O2S/c1-16-14(18)11-4-7-17(8-5-11)15(19)13-12(6-9-20-13)10-2-3-10/h6,9-11H,2-5,7-8H2,1H3,(H,16,18). The van der Waals surface area contributed by atoms with Crippen LogP contribution in [0.1, 0.15) is 46.8 Å². The van der Waals surface area contributed by atoms with Crippen LogP contribution in [0.5, 0.6) is 0 Å². The molecule has 1 aliphatic heterocycles. The fourth-order valence-corrected chi connectivity index (χ4v) is 3.85. The van der Waals surface area contributed by atoms with Crippen LogP contribution in [0.15, 0.2) is 11.4 Å². The number of nitrogens with zero attached hydrogens (tertiary/aromatic N) is 1. The first kappa shape index (κ1) is 13.6. The SMILES string of the molecule is CNC(=O)C1CCN(C(=O)c2sccc2C2CC2)CC1. The van der Waals surface area contributed by atoms with E-state index >= 15 is 0 Å². The van der Waals surface area contributed by atoms with Gasteiger partial charge in [0.2, 0.25) is 5.91 Å². The molecule has 2 aliphatic rings. The third kappa shape index (κ3) is 2.59. The summed E-state index contributed by atoms with van der Waals surface area (Å²) in [6, 6.07) is 2.10. The zero-order chi connectivity index (χ0) is 14.1. The van der Waals surface area contributed by atoms with Crippen molar-refractivity contribution in [3.8, 4) is 0 Å². The van der Waals surface area contributed by atoms with E-state index in [1.807, 2.05) is 10.3 Å². The first-order valence-corrected chi connectivity index (χ1v) is 8.17. The van der Waals surface area contributed by atoms with Crippen LogP contribution in [-0.4, -0.2) is 36.9 Å².